The van der Waals surface area contributed by atoms with Crippen molar-refractivity contribution in [3.05, 3.63) is 28.3 Å². The highest BCUT2D eigenvalue weighted by Crippen LogP contribution is 2.49. The molecule has 9 heteroatoms. The average Bonchev–Trinajstić information content (AvgIpc) is 3.30. The van der Waals surface area contributed by atoms with Crippen LogP contribution in [-0.2, 0) is 14.6 Å². The predicted molar refractivity (Wildman–Crippen MR) is 104 cm³/mol. The number of nitro benzene ring substituents is 1. The molecule has 1 saturated heterocycles. The van der Waals surface area contributed by atoms with Crippen molar-refractivity contribution >= 4 is 27.1 Å². The maximum absolute atomic E-state index is 12.9. The first-order valence-electron chi connectivity index (χ1n) is 9.76. The molecular formula is C19H25N3O5S. The van der Waals surface area contributed by atoms with Crippen LogP contribution in [0, 0.1) is 27.9 Å². The van der Waals surface area contributed by atoms with E-state index in [1.165, 1.54) is 31.4 Å². The number of fused-ring (bicyclic) bond motifs is 2. The van der Waals surface area contributed by atoms with Crippen LogP contribution in [0.15, 0.2) is 23.1 Å². The number of rotatable bonds is 4. The highest BCUT2D eigenvalue weighted by molar-refractivity contribution is 7.90. The summed E-state index contributed by atoms with van der Waals surface area (Å²) in [5, 5.41) is 11.5. The van der Waals surface area contributed by atoms with Gasteiger partial charge in [0.05, 0.1) is 9.82 Å². The molecule has 1 amide bonds. The largest absolute Gasteiger partial charge is 0.362 e. The zero-order valence-corrected chi connectivity index (χ0v) is 16.7. The molecule has 0 spiro atoms. The smallest absolute Gasteiger partial charge is 0.293 e. The summed E-state index contributed by atoms with van der Waals surface area (Å²) >= 11 is 0. The van der Waals surface area contributed by atoms with Gasteiger partial charge in [0, 0.05) is 44.4 Å². The third-order valence-corrected chi connectivity index (χ3v) is 7.67. The summed E-state index contributed by atoms with van der Waals surface area (Å²) in [6.45, 7) is 2.09. The highest BCUT2D eigenvalue weighted by Gasteiger charge is 2.44. The molecule has 2 aliphatic carbocycles. The summed E-state index contributed by atoms with van der Waals surface area (Å²) in [5.74, 6) is 1.67. The minimum atomic E-state index is -3.52. The molecule has 1 aromatic carbocycles. The lowest BCUT2D eigenvalue weighted by Crippen LogP contribution is -2.51. The molecule has 8 nitrogen and oxygen atoms in total. The summed E-state index contributed by atoms with van der Waals surface area (Å²) in [7, 11) is -3.52. The van der Waals surface area contributed by atoms with Crippen molar-refractivity contribution in [1.82, 2.24) is 4.90 Å². The van der Waals surface area contributed by atoms with Crippen LogP contribution in [0.25, 0.3) is 0 Å². The Morgan fingerprint density at radius 2 is 1.86 bits per heavy atom. The van der Waals surface area contributed by atoms with E-state index in [2.05, 4.69) is 0 Å². The molecule has 0 unspecified atom stereocenters. The van der Waals surface area contributed by atoms with Gasteiger partial charge in [-0.05, 0) is 43.2 Å². The van der Waals surface area contributed by atoms with Crippen LogP contribution in [0.2, 0.25) is 0 Å². The SMILES string of the molecule is CS(=O)(=O)c1ccc(N2CCN(C(=O)[C@H]3C[C@H]4CC[C@H]3C4)CC2)c([N+](=O)[O-])c1. The molecule has 2 saturated carbocycles. The summed E-state index contributed by atoms with van der Waals surface area (Å²) in [5.41, 5.74) is 0.195. The molecule has 28 heavy (non-hydrogen) atoms. The second-order valence-corrected chi connectivity index (χ2v) is 10.3. The van der Waals surface area contributed by atoms with E-state index in [0.717, 1.165) is 24.7 Å². The number of carbonyl (C=O) groups is 1. The number of piperazine rings is 1. The number of nitrogens with zero attached hydrogens (tertiary/aromatic N) is 3. The fourth-order valence-electron chi connectivity index (χ4n) is 5.10. The van der Waals surface area contributed by atoms with Gasteiger partial charge in [0.15, 0.2) is 9.84 Å². The first-order valence-corrected chi connectivity index (χ1v) is 11.7. The van der Waals surface area contributed by atoms with Crippen molar-refractivity contribution in [2.24, 2.45) is 17.8 Å². The topological polar surface area (TPSA) is 101 Å². The lowest BCUT2D eigenvalue weighted by molar-refractivity contribution is -0.384. The Hall–Kier alpha value is -2.16. The van der Waals surface area contributed by atoms with E-state index in [9.17, 15) is 23.3 Å². The van der Waals surface area contributed by atoms with Gasteiger partial charge in [0.1, 0.15) is 5.69 Å². The van der Waals surface area contributed by atoms with Crippen molar-refractivity contribution in [2.45, 2.75) is 30.6 Å². The van der Waals surface area contributed by atoms with E-state index in [-0.39, 0.29) is 22.4 Å². The van der Waals surface area contributed by atoms with E-state index >= 15 is 0 Å². The standard InChI is InChI=1S/C19H25N3O5S/c1-28(26,27)15-4-5-17(18(12-15)22(24)25)20-6-8-21(9-7-20)19(23)16-11-13-2-3-14(16)10-13/h4-5,12-14,16H,2-3,6-11H2,1H3/t13-,14-,16-/m0/s1. The molecule has 0 N–H and O–H groups in total. The number of anilines is 1. The molecule has 2 bridgehead atoms. The van der Waals surface area contributed by atoms with Crippen LogP contribution in [0.1, 0.15) is 25.7 Å². The fourth-order valence-corrected chi connectivity index (χ4v) is 5.74. The van der Waals surface area contributed by atoms with Crippen molar-refractivity contribution in [3.8, 4) is 0 Å². The number of hydrogen-bond acceptors (Lipinski definition) is 6. The van der Waals surface area contributed by atoms with E-state index in [0.29, 0.717) is 37.8 Å². The molecule has 0 aromatic heterocycles. The van der Waals surface area contributed by atoms with Crippen LogP contribution < -0.4 is 4.90 Å². The number of benzene rings is 1. The third-order valence-electron chi connectivity index (χ3n) is 6.56. The Bertz CT molecular complexity index is 908. The second kappa shape index (κ2) is 7.02. The molecule has 152 valence electrons. The Kier molecular flexibility index (Phi) is 4.81. The third kappa shape index (κ3) is 3.47. The Labute approximate surface area is 164 Å². The molecule has 1 heterocycles. The molecule has 3 aliphatic rings. The quantitative estimate of drug-likeness (QED) is 0.559. The zero-order valence-electron chi connectivity index (χ0n) is 15.9. The van der Waals surface area contributed by atoms with Gasteiger partial charge in [0.25, 0.3) is 5.69 Å². The molecule has 0 radical (unpaired) electrons. The van der Waals surface area contributed by atoms with Crippen LogP contribution >= 0.6 is 0 Å². The van der Waals surface area contributed by atoms with E-state index < -0.39 is 14.8 Å². The summed E-state index contributed by atoms with van der Waals surface area (Å²) in [6.07, 6.45) is 5.67. The van der Waals surface area contributed by atoms with Crippen molar-refractivity contribution in [1.29, 1.82) is 0 Å². The van der Waals surface area contributed by atoms with Crippen molar-refractivity contribution in [2.75, 3.05) is 37.3 Å². The van der Waals surface area contributed by atoms with Gasteiger partial charge in [-0.2, -0.15) is 0 Å². The molecular weight excluding hydrogens is 382 g/mol. The molecule has 1 aliphatic heterocycles. The minimum Gasteiger partial charge on any atom is -0.362 e. The fraction of sp³-hybridized carbons (Fsp3) is 0.632. The first-order chi connectivity index (χ1) is 13.2. The van der Waals surface area contributed by atoms with Crippen molar-refractivity contribution in [3.63, 3.8) is 0 Å². The summed E-state index contributed by atoms with van der Waals surface area (Å²) in [4.78, 5) is 27.5. The number of hydrogen-bond donors (Lipinski definition) is 0. The summed E-state index contributed by atoms with van der Waals surface area (Å²) in [6, 6.07) is 4.03. The Balaban J connectivity index is 1.46. The maximum Gasteiger partial charge on any atom is 0.293 e. The predicted octanol–water partition coefficient (Wildman–Crippen LogP) is 2.08. The highest BCUT2D eigenvalue weighted by atomic mass is 32.2. The maximum atomic E-state index is 12.9. The molecule has 1 aromatic rings. The van der Waals surface area contributed by atoms with Gasteiger partial charge in [0.2, 0.25) is 5.91 Å². The molecule has 4 rings (SSSR count). The van der Waals surface area contributed by atoms with Gasteiger partial charge in [-0.15, -0.1) is 0 Å². The average molecular weight is 407 g/mol. The second-order valence-electron chi connectivity index (χ2n) is 8.27. The van der Waals surface area contributed by atoms with Crippen LogP contribution in [-0.4, -0.2) is 56.6 Å². The van der Waals surface area contributed by atoms with E-state index in [1.807, 2.05) is 9.80 Å². The van der Waals surface area contributed by atoms with E-state index in [1.54, 1.807) is 0 Å². The van der Waals surface area contributed by atoms with Gasteiger partial charge in [-0.3, -0.25) is 14.9 Å². The zero-order chi connectivity index (χ0) is 20.1. The number of nitro groups is 1. The number of sulfone groups is 1. The Morgan fingerprint density at radius 3 is 2.39 bits per heavy atom. The lowest BCUT2D eigenvalue weighted by Gasteiger charge is -2.38. The number of amides is 1. The van der Waals surface area contributed by atoms with Gasteiger partial charge in [-0.1, -0.05) is 6.42 Å². The lowest BCUT2D eigenvalue weighted by atomic mass is 9.87. The van der Waals surface area contributed by atoms with Crippen LogP contribution in [0.3, 0.4) is 0 Å². The van der Waals surface area contributed by atoms with E-state index in [4.69, 9.17) is 0 Å². The normalized spacial score (nSPS) is 27.2. The first kappa shape index (κ1) is 19.2. The molecule has 3 fully saturated rings. The van der Waals surface area contributed by atoms with Gasteiger partial charge >= 0.3 is 0 Å². The minimum absolute atomic E-state index is 0.0620. The number of carbonyl (C=O) groups excluding carboxylic acids is 1. The summed E-state index contributed by atoms with van der Waals surface area (Å²) < 4.78 is 23.4. The van der Waals surface area contributed by atoms with Crippen LogP contribution in [0.4, 0.5) is 11.4 Å². The van der Waals surface area contributed by atoms with Gasteiger partial charge in [-0.25, -0.2) is 8.42 Å². The molecule has 3 atom stereocenters. The van der Waals surface area contributed by atoms with Gasteiger partial charge < -0.3 is 9.80 Å². The van der Waals surface area contributed by atoms with Crippen LogP contribution in [0.5, 0.6) is 0 Å². The monoisotopic (exact) mass is 407 g/mol. The van der Waals surface area contributed by atoms with Crippen molar-refractivity contribution < 1.29 is 18.1 Å². The Morgan fingerprint density at radius 1 is 1.14 bits per heavy atom.